The maximum absolute atomic E-state index is 13.0. The second kappa shape index (κ2) is 15.6. The molecule has 9 heteroatoms. The summed E-state index contributed by atoms with van der Waals surface area (Å²) in [6.07, 6.45) is 9.72. The first-order valence-electron chi connectivity index (χ1n) is 13.0. The van der Waals surface area contributed by atoms with E-state index in [0.29, 0.717) is 37.1 Å². The number of hydrogen-bond donors (Lipinski definition) is 2. The average Bonchev–Trinajstić information content (AvgIpc) is 3.15. The molecule has 2 rings (SSSR count). The highest BCUT2D eigenvalue weighted by Gasteiger charge is 2.43. The molecule has 0 amide bonds. The van der Waals surface area contributed by atoms with Gasteiger partial charge in [-0.25, -0.2) is 0 Å². The minimum Gasteiger partial charge on any atom is -0.469 e. The number of aliphatic hydroxyl groups excluding tert-OH is 2. The Morgan fingerprint density at radius 1 is 1.24 bits per heavy atom. The molecule has 1 aromatic carbocycles. The summed E-state index contributed by atoms with van der Waals surface area (Å²) in [4.78, 5) is 11.4. The summed E-state index contributed by atoms with van der Waals surface area (Å²) in [6, 6.07) is 6.45. The molecule has 2 N–H and O–H groups in total. The van der Waals surface area contributed by atoms with Crippen LogP contribution >= 0.6 is 11.6 Å². The molecule has 0 bridgehead atoms. The van der Waals surface area contributed by atoms with Crippen molar-refractivity contribution in [3.8, 4) is 0 Å². The number of benzene rings is 1. The van der Waals surface area contributed by atoms with E-state index in [1.54, 1.807) is 31.2 Å². The summed E-state index contributed by atoms with van der Waals surface area (Å²) in [5, 5.41) is 22.1. The lowest BCUT2D eigenvalue weighted by Gasteiger charge is -2.23. The van der Waals surface area contributed by atoms with Gasteiger partial charge < -0.3 is 14.9 Å². The van der Waals surface area contributed by atoms with Crippen molar-refractivity contribution in [2.75, 3.05) is 7.11 Å². The van der Waals surface area contributed by atoms with Gasteiger partial charge in [0.25, 0.3) is 10.1 Å². The Morgan fingerprint density at radius 2 is 1.92 bits per heavy atom. The molecule has 1 fully saturated rings. The summed E-state index contributed by atoms with van der Waals surface area (Å²) in [7, 11) is -2.67. The third-order valence-electron chi connectivity index (χ3n) is 6.89. The number of unbranched alkanes of at least 4 members (excludes halogenated alkanes) is 1. The highest BCUT2D eigenvalue weighted by atomic mass is 35.5. The van der Waals surface area contributed by atoms with E-state index in [2.05, 4.69) is 4.74 Å². The van der Waals surface area contributed by atoms with Gasteiger partial charge in [-0.05, 0) is 63.5 Å². The van der Waals surface area contributed by atoms with Gasteiger partial charge in [0, 0.05) is 23.8 Å². The maximum Gasteiger partial charge on any atom is 0.305 e. The predicted molar refractivity (Wildman–Crippen MR) is 149 cm³/mol. The van der Waals surface area contributed by atoms with E-state index in [4.69, 9.17) is 15.8 Å². The number of hydrogen-bond acceptors (Lipinski definition) is 7. The normalized spacial score (nSPS) is 24.2. The number of carbonyl (C=O) groups excluding carboxylic acids is 1. The van der Waals surface area contributed by atoms with Gasteiger partial charge in [0.2, 0.25) is 0 Å². The second-order valence-electron chi connectivity index (χ2n) is 10.0. The average molecular weight is 569 g/mol. The fourth-order valence-corrected chi connectivity index (χ4v) is 5.69. The van der Waals surface area contributed by atoms with Gasteiger partial charge in [-0.1, -0.05) is 66.6 Å². The van der Waals surface area contributed by atoms with Crippen molar-refractivity contribution in [2.45, 2.75) is 82.5 Å². The van der Waals surface area contributed by atoms with Crippen molar-refractivity contribution < 1.29 is 32.3 Å². The molecule has 212 valence electrons. The summed E-state index contributed by atoms with van der Waals surface area (Å²) in [5.41, 5.74) is 0.935. The number of halogens is 1. The topological polar surface area (TPSA) is 110 Å². The minimum absolute atomic E-state index is 0.0700. The van der Waals surface area contributed by atoms with Crippen molar-refractivity contribution in [1.82, 2.24) is 0 Å². The number of allylic oxidation sites excluding steroid dienone is 4. The zero-order chi connectivity index (χ0) is 28.3. The van der Waals surface area contributed by atoms with Crippen molar-refractivity contribution in [3.63, 3.8) is 0 Å². The van der Waals surface area contributed by atoms with Gasteiger partial charge in [-0.15, -0.1) is 0 Å². The highest BCUT2D eigenvalue weighted by molar-refractivity contribution is 7.86. The van der Waals surface area contributed by atoms with Gasteiger partial charge in [-0.2, -0.15) is 8.42 Å². The first kappa shape index (κ1) is 32.2. The predicted octanol–water partition coefficient (Wildman–Crippen LogP) is 5.44. The van der Waals surface area contributed by atoms with Crippen LogP contribution in [0.5, 0.6) is 0 Å². The number of rotatable bonds is 14. The molecule has 0 aliphatic heterocycles. The van der Waals surface area contributed by atoms with Crippen LogP contribution in [0.1, 0.15) is 57.9 Å². The molecule has 38 heavy (non-hydrogen) atoms. The zero-order valence-electron chi connectivity index (χ0n) is 22.6. The molecular weight excluding hydrogens is 528 g/mol. The molecule has 1 aliphatic rings. The fraction of sp³-hybridized carbons (Fsp3) is 0.552. The Hall–Kier alpha value is -1.97. The Morgan fingerprint density at radius 3 is 2.55 bits per heavy atom. The zero-order valence-corrected chi connectivity index (χ0v) is 24.2. The third kappa shape index (κ3) is 10.3. The fourth-order valence-electron chi connectivity index (χ4n) is 4.47. The highest BCUT2D eigenvalue weighted by Crippen LogP contribution is 2.40. The van der Waals surface area contributed by atoms with Crippen LogP contribution in [0.25, 0.3) is 0 Å². The standard InChI is InChI=1S/C29H41ClO7S/c1-20-11-15-23(16-12-20)38(34,35)37-28-19-27(32)24(17-18-26(31)21(2)13-14-22(3)30)25(28)9-7-5-6-8-10-29(33)36-4/h5,7,11-12,14-18,21,24-28,31-32H,6,8-10,13,19H2,1-4H3/t21?,24-,25-,26-,27-,28-/m1/s1. The van der Waals surface area contributed by atoms with Gasteiger partial charge >= 0.3 is 5.97 Å². The number of methoxy groups -OCH3 is 1. The SMILES string of the molecule is COC(=O)CCCC=CC[C@@H]1[C@@H](C=C[C@@H](O)C(C)CC=C(C)Cl)[C@H](O)C[C@H]1OS(=O)(=O)c1ccc(C)cc1. The monoisotopic (exact) mass is 568 g/mol. The van der Waals surface area contributed by atoms with Crippen LogP contribution in [-0.2, 0) is 23.8 Å². The molecule has 7 nitrogen and oxygen atoms in total. The first-order chi connectivity index (χ1) is 17.9. The Bertz CT molecular complexity index is 1070. The van der Waals surface area contributed by atoms with E-state index < -0.39 is 34.3 Å². The summed E-state index contributed by atoms with van der Waals surface area (Å²) >= 11 is 5.91. The number of aliphatic hydroxyl groups is 2. The van der Waals surface area contributed by atoms with Gasteiger partial charge in [-0.3, -0.25) is 8.98 Å². The van der Waals surface area contributed by atoms with E-state index in [-0.39, 0.29) is 29.1 Å². The van der Waals surface area contributed by atoms with Crippen LogP contribution in [0.15, 0.2) is 64.6 Å². The Kier molecular flexibility index (Phi) is 13.2. The van der Waals surface area contributed by atoms with E-state index >= 15 is 0 Å². The van der Waals surface area contributed by atoms with Crippen LogP contribution in [0.3, 0.4) is 0 Å². The van der Waals surface area contributed by atoms with Crippen molar-refractivity contribution in [3.05, 3.63) is 65.2 Å². The molecule has 0 saturated heterocycles. The lowest BCUT2D eigenvalue weighted by molar-refractivity contribution is -0.140. The molecule has 6 atom stereocenters. The maximum atomic E-state index is 13.0. The van der Waals surface area contributed by atoms with E-state index in [1.165, 1.54) is 19.2 Å². The van der Waals surface area contributed by atoms with Crippen LogP contribution in [0, 0.1) is 24.7 Å². The molecule has 1 aliphatic carbocycles. The minimum atomic E-state index is -4.03. The van der Waals surface area contributed by atoms with Gasteiger partial charge in [0.1, 0.15) is 0 Å². The van der Waals surface area contributed by atoms with Gasteiger partial charge in [0.15, 0.2) is 0 Å². The largest absolute Gasteiger partial charge is 0.469 e. The lowest BCUT2D eigenvalue weighted by atomic mass is 9.89. The van der Waals surface area contributed by atoms with Crippen LogP contribution < -0.4 is 0 Å². The first-order valence-corrected chi connectivity index (χ1v) is 14.8. The van der Waals surface area contributed by atoms with Crippen LogP contribution in [0.2, 0.25) is 0 Å². The molecular formula is C29H41ClO7S. The van der Waals surface area contributed by atoms with E-state index in [1.807, 2.05) is 32.1 Å². The van der Waals surface area contributed by atoms with Crippen LogP contribution in [-0.4, -0.2) is 50.0 Å². The number of carbonyl (C=O) groups is 1. The smallest absolute Gasteiger partial charge is 0.305 e. The molecule has 0 aromatic heterocycles. The van der Waals surface area contributed by atoms with E-state index in [9.17, 15) is 23.4 Å². The van der Waals surface area contributed by atoms with Crippen molar-refractivity contribution in [2.24, 2.45) is 17.8 Å². The number of ether oxygens (including phenoxy) is 1. The van der Waals surface area contributed by atoms with E-state index in [0.717, 1.165) is 5.56 Å². The van der Waals surface area contributed by atoms with Crippen molar-refractivity contribution >= 4 is 27.7 Å². The second-order valence-corrected chi connectivity index (χ2v) is 12.2. The number of esters is 1. The Balaban J connectivity index is 2.18. The molecule has 0 radical (unpaired) electrons. The lowest BCUT2D eigenvalue weighted by Crippen LogP contribution is -2.25. The summed E-state index contributed by atoms with van der Waals surface area (Å²) in [5.74, 6) is -1.08. The molecule has 0 spiro atoms. The molecule has 0 heterocycles. The van der Waals surface area contributed by atoms with Crippen LogP contribution in [0.4, 0.5) is 0 Å². The summed E-state index contributed by atoms with van der Waals surface area (Å²) < 4.78 is 36.4. The molecule has 1 aromatic rings. The molecule has 1 saturated carbocycles. The quantitative estimate of drug-likeness (QED) is 0.133. The third-order valence-corrected chi connectivity index (χ3v) is 8.39. The van der Waals surface area contributed by atoms with Gasteiger partial charge in [0.05, 0.1) is 30.3 Å². The number of aryl methyl sites for hydroxylation is 1. The Labute approximate surface area is 232 Å². The van der Waals surface area contributed by atoms with Crippen molar-refractivity contribution in [1.29, 1.82) is 0 Å². The summed E-state index contributed by atoms with van der Waals surface area (Å²) in [6.45, 7) is 5.56. The molecule has 1 unspecified atom stereocenters.